The molecule has 0 bridgehead atoms. The number of amides is 2. The lowest BCUT2D eigenvalue weighted by Crippen LogP contribution is -2.54. The van der Waals surface area contributed by atoms with Gasteiger partial charge < -0.3 is 24.4 Å². The number of carbonyl (C=O) groups excluding carboxylic acids is 1. The van der Waals surface area contributed by atoms with Crippen molar-refractivity contribution in [2.45, 2.75) is 19.0 Å². The number of aromatic amines is 1. The number of hydrogen-bond acceptors (Lipinski definition) is 5. The van der Waals surface area contributed by atoms with Crippen molar-refractivity contribution < 1.29 is 22.7 Å². The van der Waals surface area contributed by atoms with Crippen molar-refractivity contribution in [1.29, 1.82) is 0 Å². The first-order valence-electron chi connectivity index (χ1n) is 13.2. The van der Waals surface area contributed by atoms with Gasteiger partial charge in [0.1, 0.15) is 11.4 Å². The van der Waals surface area contributed by atoms with E-state index in [-0.39, 0.29) is 11.9 Å². The van der Waals surface area contributed by atoms with Gasteiger partial charge in [0, 0.05) is 74.0 Å². The molecule has 5 heterocycles. The molecule has 6 rings (SSSR count). The van der Waals surface area contributed by atoms with Crippen LogP contribution in [0.2, 0.25) is 0 Å². The van der Waals surface area contributed by atoms with Gasteiger partial charge in [-0.3, -0.25) is 4.98 Å². The molecule has 3 aromatic heterocycles. The van der Waals surface area contributed by atoms with Gasteiger partial charge in [-0.2, -0.15) is 13.2 Å². The van der Waals surface area contributed by atoms with Crippen LogP contribution >= 0.6 is 0 Å². The van der Waals surface area contributed by atoms with Crippen LogP contribution in [-0.4, -0.2) is 76.7 Å². The molecule has 1 aromatic carbocycles. The second kappa shape index (κ2) is 10.3. The van der Waals surface area contributed by atoms with Crippen molar-refractivity contribution in [1.82, 2.24) is 24.8 Å². The minimum Gasteiger partial charge on any atom is -0.493 e. The number of nitrogens with zero attached hydrogens (tertiary/aromatic N) is 5. The number of piperidine rings is 1. The minimum absolute atomic E-state index is 0.0330. The van der Waals surface area contributed by atoms with Gasteiger partial charge in [-0.05, 0) is 49.2 Å². The summed E-state index contributed by atoms with van der Waals surface area (Å²) in [5.41, 5.74) is 2.07. The maximum atomic E-state index is 13.4. The Morgan fingerprint density at radius 2 is 1.79 bits per heavy atom. The molecule has 0 spiro atoms. The standard InChI is InChI=1S/C28H29F3N6O2/c29-28(30,31)20-3-5-21(6-4-20)39-18-19-2-1-11-37(17-19)27(38)36-14-12-35(13-15-36)24-8-10-32-23-16-34-26-22(25(23)24)7-9-33-26/h3-10,16,19H,1-2,11-15,17-18H2,(H,33,34). The molecule has 1 atom stereocenters. The number of pyridine rings is 2. The number of ether oxygens (including phenoxy) is 1. The summed E-state index contributed by atoms with van der Waals surface area (Å²) in [6, 6.07) is 8.82. The number of alkyl halides is 3. The zero-order valence-electron chi connectivity index (χ0n) is 21.3. The monoisotopic (exact) mass is 538 g/mol. The normalized spacial score (nSPS) is 18.6. The van der Waals surface area contributed by atoms with Crippen molar-refractivity contribution in [3.63, 3.8) is 0 Å². The number of halogens is 3. The fourth-order valence-electron chi connectivity index (χ4n) is 5.57. The van der Waals surface area contributed by atoms with Crippen molar-refractivity contribution in [3.05, 3.63) is 60.6 Å². The topological polar surface area (TPSA) is 77.6 Å². The third kappa shape index (κ3) is 5.17. The number of carbonyl (C=O) groups is 1. The number of hydrogen-bond donors (Lipinski definition) is 1. The summed E-state index contributed by atoms with van der Waals surface area (Å²) < 4.78 is 44.1. The van der Waals surface area contributed by atoms with Gasteiger partial charge in [0.05, 0.1) is 23.9 Å². The smallest absolute Gasteiger partial charge is 0.416 e. The maximum Gasteiger partial charge on any atom is 0.416 e. The first kappa shape index (κ1) is 25.3. The van der Waals surface area contributed by atoms with Crippen LogP contribution in [0.25, 0.3) is 21.9 Å². The van der Waals surface area contributed by atoms with Gasteiger partial charge in [-0.15, -0.1) is 0 Å². The van der Waals surface area contributed by atoms with E-state index in [0.717, 1.165) is 52.6 Å². The summed E-state index contributed by atoms with van der Waals surface area (Å²) in [5.74, 6) is 0.533. The lowest BCUT2D eigenvalue weighted by Gasteiger charge is -2.41. The number of benzene rings is 1. The highest BCUT2D eigenvalue weighted by molar-refractivity contribution is 6.10. The number of H-pyrrole nitrogens is 1. The summed E-state index contributed by atoms with van der Waals surface area (Å²) in [4.78, 5) is 31.6. The van der Waals surface area contributed by atoms with E-state index in [0.29, 0.717) is 51.6 Å². The lowest BCUT2D eigenvalue weighted by atomic mass is 9.99. The molecule has 4 aromatic rings. The number of piperazine rings is 1. The largest absolute Gasteiger partial charge is 0.493 e. The highest BCUT2D eigenvalue weighted by Gasteiger charge is 2.31. The molecule has 0 saturated carbocycles. The van der Waals surface area contributed by atoms with Crippen LogP contribution in [0.15, 0.2) is 55.0 Å². The lowest BCUT2D eigenvalue weighted by molar-refractivity contribution is -0.137. The van der Waals surface area contributed by atoms with Gasteiger partial charge in [-0.1, -0.05) is 0 Å². The van der Waals surface area contributed by atoms with E-state index in [1.165, 1.54) is 12.1 Å². The zero-order chi connectivity index (χ0) is 27.0. The van der Waals surface area contributed by atoms with E-state index < -0.39 is 11.7 Å². The number of urea groups is 1. The Hall–Kier alpha value is -4.02. The van der Waals surface area contributed by atoms with Crippen LogP contribution in [0.4, 0.5) is 23.7 Å². The van der Waals surface area contributed by atoms with Crippen molar-refractivity contribution in [2.75, 3.05) is 50.8 Å². The fourth-order valence-corrected chi connectivity index (χ4v) is 5.57. The number of anilines is 1. The Morgan fingerprint density at radius 1 is 1.00 bits per heavy atom. The predicted octanol–water partition coefficient (Wildman–Crippen LogP) is 5.16. The fraction of sp³-hybridized carbons (Fsp3) is 0.393. The maximum absolute atomic E-state index is 13.4. The van der Waals surface area contributed by atoms with Gasteiger partial charge >= 0.3 is 12.2 Å². The highest BCUT2D eigenvalue weighted by Crippen LogP contribution is 2.32. The quantitative estimate of drug-likeness (QED) is 0.388. The van der Waals surface area contributed by atoms with Gasteiger partial charge in [0.15, 0.2) is 0 Å². The molecule has 11 heteroatoms. The van der Waals surface area contributed by atoms with E-state index in [1.54, 1.807) is 12.4 Å². The number of nitrogens with one attached hydrogen (secondary N) is 1. The van der Waals surface area contributed by atoms with E-state index in [4.69, 9.17) is 4.74 Å². The average Bonchev–Trinajstić information content (AvgIpc) is 3.45. The molecule has 2 amide bonds. The van der Waals surface area contributed by atoms with E-state index in [1.807, 2.05) is 28.1 Å². The van der Waals surface area contributed by atoms with Crippen molar-refractivity contribution in [3.8, 4) is 5.75 Å². The van der Waals surface area contributed by atoms with Crippen LogP contribution in [0.3, 0.4) is 0 Å². The second-order valence-corrected chi connectivity index (χ2v) is 10.1. The third-order valence-corrected chi connectivity index (χ3v) is 7.62. The van der Waals surface area contributed by atoms with E-state index >= 15 is 0 Å². The molecule has 0 aliphatic carbocycles. The van der Waals surface area contributed by atoms with Gasteiger partial charge in [0.25, 0.3) is 0 Å². The molecule has 2 aliphatic rings. The summed E-state index contributed by atoms with van der Waals surface area (Å²) in [5, 5.41) is 2.10. The van der Waals surface area contributed by atoms with Gasteiger partial charge in [-0.25, -0.2) is 9.78 Å². The van der Waals surface area contributed by atoms with Crippen molar-refractivity contribution >= 4 is 33.7 Å². The molecular weight excluding hydrogens is 509 g/mol. The average molecular weight is 539 g/mol. The first-order valence-corrected chi connectivity index (χ1v) is 13.2. The highest BCUT2D eigenvalue weighted by atomic mass is 19.4. The van der Waals surface area contributed by atoms with E-state index in [9.17, 15) is 18.0 Å². The Morgan fingerprint density at radius 3 is 2.56 bits per heavy atom. The van der Waals surface area contributed by atoms with Crippen LogP contribution in [-0.2, 0) is 6.18 Å². The molecule has 204 valence electrons. The number of rotatable bonds is 4. The molecule has 2 fully saturated rings. The molecule has 2 saturated heterocycles. The molecule has 0 radical (unpaired) electrons. The first-order chi connectivity index (χ1) is 18.9. The second-order valence-electron chi connectivity index (χ2n) is 10.1. The predicted molar refractivity (Wildman–Crippen MR) is 142 cm³/mol. The Bertz CT molecular complexity index is 1460. The summed E-state index contributed by atoms with van der Waals surface area (Å²) in [7, 11) is 0. The molecule has 1 N–H and O–H groups in total. The molecule has 39 heavy (non-hydrogen) atoms. The minimum atomic E-state index is -4.37. The van der Waals surface area contributed by atoms with Crippen LogP contribution in [0, 0.1) is 5.92 Å². The summed E-state index contributed by atoms with van der Waals surface area (Å²) >= 11 is 0. The zero-order valence-corrected chi connectivity index (χ0v) is 21.3. The summed E-state index contributed by atoms with van der Waals surface area (Å²) in [6.07, 6.45) is 2.88. The number of fused-ring (bicyclic) bond motifs is 3. The Kier molecular flexibility index (Phi) is 6.66. The SMILES string of the molecule is O=C(N1CCN(c2ccnc3cnc4[nH]ccc4c23)CC1)N1CCCC(COc2ccc(C(F)(F)F)cc2)C1. The van der Waals surface area contributed by atoms with Gasteiger partial charge in [0.2, 0.25) is 0 Å². The molecular formula is C28H29F3N6O2. The number of likely N-dealkylation sites (tertiary alicyclic amines) is 1. The van der Waals surface area contributed by atoms with Crippen LogP contribution in [0.5, 0.6) is 5.75 Å². The van der Waals surface area contributed by atoms with Crippen LogP contribution < -0.4 is 9.64 Å². The third-order valence-electron chi connectivity index (χ3n) is 7.62. The van der Waals surface area contributed by atoms with Crippen LogP contribution in [0.1, 0.15) is 18.4 Å². The molecule has 1 unspecified atom stereocenters. The summed E-state index contributed by atoms with van der Waals surface area (Å²) in [6.45, 7) is 4.30. The molecule has 2 aliphatic heterocycles. The van der Waals surface area contributed by atoms with Crippen molar-refractivity contribution in [2.24, 2.45) is 5.92 Å². The van der Waals surface area contributed by atoms with E-state index in [2.05, 4.69) is 19.9 Å². The Balaban J connectivity index is 1.05. The molecule has 8 nitrogen and oxygen atoms in total. The Labute approximate surface area is 223 Å². The number of aromatic nitrogens is 3.